The molecular weight excluding hydrogens is 364 g/mol. The Morgan fingerprint density at radius 3 is 2.31 bits per heavy atom. The fourth-order valence-corrected chi connectivity index (χ4v) is 9.35. The lowest BCUT2D eigenvalue weighted by atomic mass is 9.41. The summed E-state index contributed by atoms with van der Waals surface area (Å²) in [6.45, 7) is 9.23. The molecule has 4 heteroatoms. The van der Waals surface area contributed by atoms with Crippen LogP contribution in [0.4, 0.5) is 0 Å². The molecule has 2 unspecified atom stereocenters. The highest BCUT2D eigenvalue weighted by Crippen LogP contribution is 2.69. The van der Waals surface area contributed by atoms with Crippen molar-refractivity contribution >= 4 is 5.97 Å². The average Bonchev–Trinajstić information content (AvgIpc) is 3.00. The third-order valence-electron chi connectivity index (χ3n) is 10.6. The van der Waals surface area contributed by atoms with Crippen molar-refractivity contribution in [1.82, 2.24) is 0 Å². The molecule has 4 nitrogen and oxygen atoms in total. The Bertz CT molecular complexity index is 634. The first kappa shape index (κ1) is 21.6. The number of aliphatic carboxylic acids is 1. The van der Waals surface area contributed by atoms with Crippen LogP contribution >= 0.6 is 0 Å². The molecule has 4 rings (SSSR count). The molecule has 0 amide bonds. The summed E-state index contributed by atoms with van der Waals surface area (Å²) in [4.78, 5) is 11.4. The second kappa shape index (κ2) is 7.51. The molecule has 4 aliphatic rings. The third-order valence-corrected chi connectivity index (χ3v) is 10.6. The predicted molar refractivity (Wildman–Crippen MR) is 113 cm³/mol. The molecule has 0 aliphatic heterocycles. The molecule has 0 aromatic carbocycles. The Kier molecular flexibility index (Phi) is 5.60. The van der Waals surface area contributed by atoms with E-state index in [4.69, 9.17) is 0 Å². The summed E-state index contributed by atoms with van der Waals surface area (Å²) in [6.07, 6.45) is 8.21. The van der Waals surface area contributed by atoms with Crippen molar-refractivity contribution in [3.05, 3.63) is 0 Å². The summed E-state index contributed by atoms with van der Waals surface area (Å²) in [7, 11) is 0. The van der Waals surface area contributed by atoms with E-state index in [1.165, 1.54) is 6.42 Å². The second-order valence-electron chi connectivity index (χ2n) is 11.7. The van der Waals surface area contributed by atoms with Crippen LogP contribution in [0.15, 0.2) is 0 Å². The quantitative estimate of drug-likeness (QED) is 0.631. The number of carboxylic acids is 1. The highest BCUT2D eigenvalue weighted by Gasteiger charge is 2.64. The molecule has 0 aromatic rings. The summed E-state index contributed by atoms with van der Waals surface area (Å²) in [5, 5.41) is 31.4. The Balaban J connectivity index is 1.66. The molecule has 11 atom stereocenters. The SMILES string of the molecule is CC[C@H]1[C@@H](O)[C@H]2C3CC[C@H]([C@H](C)CC(=O)O)[C@@]3(C)CCC2[C@@]2(C)CC[C@@H](O)C[C@@H]12. The van der Waals surface area contributed by atoms with E-state index in [-0.39, 0.29) is 41.3 Å². The van der Waals surface area contributed by atoms with E-state index in [9.17, 15) is 20.1 Å². The topological polar surface area (TPSA) is 77.8 Å². The molecule has 0 radical (unpaired) electrons. The molecule has 4 saturated carbocycles. The van der Waals surface area contributed by atoms with Crippen LogP contribution in [-0.2, 0) is 4.79 Å². The molecule has 166 valence electrons. The maximum Gasteiger partial charge on any atom is 0.303 e. The van der Waals surface area contributed by atoms with Crippen LogP contribution in [0.25, 0.3) is 0 Å². The van der Waals surface area contributed by atoms with E-state index in [2.05, 4.69) is 27.7 Å². The number of rotatable bonds is 4. The fourth-order valence-electron chi connectivity index (χ4n) is 9.35. The number of aliphatic hydroxyl groups excluding tert-OH is 2. The lowest BCUT2D eigenvalue weighted by Crippen LogP contribution is -2.62. The molecule has 0 bridgehead atoms. The first-order chi connectivity index (χ1) is 13.6. The summed E-state index contributed by atoms with van der Waals surface area (Å²) >= 11 is 0. The van der Waals surface area contributed by atoms with Gasteiger partial charge in [-0.05, 0) is 97.2 Å². The van der Waals surface area contributed by atoms with Crippen LogP contribution < -0.4 is 0 Å². The average molecular weight is 407 g/mol. The van der Waals surface area contributed by atoms with Gasteiger partial charge in [0.05, 0.1) is 12.2 Å². The number of carboxylic acid groups (broad SMARTS) is 1. The van der Waals surface area contributed by atoms with Crippen molar-refractivity contribution in [2.45, 2.75) is 97.7 Å². The van der Waals surface area contributed by atoms with E-state index in [1.54, 1.807) is 0 Å². The van der Waals surface area contributed by atoms with Gasteiger partial charge in [-0.25, -0.2) is 0 Å². The first-order valence-electron chi connectivity index (χ1n) is 12.2. The Morgan fingerprint density at radius 1 is 1.00 bits per heavy atom. The summed E-state index contributed by atoms with van der Waals surface area (Å²) in [5.74, 6) is 2.09. The number of fused-ring (bicyclic) bond motifs is 5. The number of carbonyl (C=O) groups is 1. The minimum atomic E-state index is -0.682. The van der Waals surface area contributed by atoms with E-state index in [1.807, 2.05) is 0 Å². The molecule has 29 heavy (non-hydrogen) atoms. The highest BCUT2D eigenvalue weighted by atomic mass is 16.4. The van der Waals surface area contributed by atoms with Gasteiger partial charge in [-0.15, -0.1) is 0 Å². The molecule has 4 aliphatic carbocycles. The lowest BCUT2D eigenvalue weighted by molar-refractivity contribution is -0.203. The van der Waals surface area contributed by atoms with Gasteiger partial charge in [0.1, 0.15) is 0 Å². The predicted octanol–water partition coefficient (Wildman–Crippen LogP) is 4.72. The van der Waals surface area contributed by atoms with E-state index < -0.39 is 5.97 Å². The van der Waals surface area contributed by atoms with E-state index >= 15 is 0 Å². The zero-order valence-electron chi connectivity index (χ0n) is 18.8. The van der Waals surface area contributed by atoms with Gasteiger partial charge in [0.15, 0.2) is 0 Å². The molecule has 0 spiro atoms. The second-order valence-corrected chi connectivity index (χ2v) is 11.7. The van der Waals surface area contributed by atoms with Crippen molar-refractivity contribution in [1.29, 1.82) is 0 Å². The Labute approximate surface area is 176 Å². The van der Waals surface area contributed by atoms with Gasteiger partial charge in [-0.2, -0.15) is 0 Å². The summed E-state index contributed by atoms with van der Waals surface area (Å²) in [6, 6.07) is 0. The monoisotopic (exact) mass is 406 g/mol. The van der Waals surface area contributed by atoms with E-state index in [0.717, 1.165) is 44.9 Å². The normalized spacial score (nSPS) is 52.9. The highest BCUT2D eigenvalue weighted by molar-refractivity contribution is 5.67. The number of hydrogen-bond acceptors (Lipinski definition) is 3. The van der Waals surface area contributed by atoms with Gasteiger partial charge < -0.3 is 15.3 Å². The smallest absolute Gasteiger partial charge is 0.303 e. The van der Waals surface area contributed by atoms with Gasteiger partial charge in [0.2, 0.25) is 0 Å². The maximum atomic E-state index is 11.7. The molecule has 3 N–H and O–H groups in total. The van der Waals surface area contributed by atoms with Crippen molar-refractivity contribution in [2.75, 3.05) is 0 Å². The molecule has 0 saturated heterocycles. The van der Waals surface area contributed by atoms with Crippen LogP contribution in [0.3, 0.4) is 0 Å². The van der Waals surface area contributed by atoms with Gasteiger partial charge in [-0.3, -0.25) is 4.79 Å². The molecule has 0 aromatic heterocycles. The van der Waals surface area contributed by atoms with Crippen molar-refractivity contribution in [2.24, 2.45) is 52.3 Å². The van der Waals surface area contributed by atoms with Gasteiger partial charge in [-0.1, -0.05) is 34.1 Å². The first-order valence-corrected chi connectivity index (χ1v) is 12.2. The van der Waals surface area contributed by atoms with E-state index in [0.29, 0.717) is 29.6 Å². The van der Waals surface area contributed by atoms with Crippen molar-refractivity contribution < 1.29 is 20.1 Å². The van der Waals surface area contributed by atoms with Crippen molar-refractivity contribution in [3.63, 3.8) is 0 Å². The molecular formula is C25H42O4. The molecule has 4 fully saturated rings. The third kappa shape index (κ3) is 3.19. The zero-order valence-corrected chi connectivity index (χ0v) is 18.8. The Hall–Kier alpha value is -0.610. The van der Waals surface area contributed by atoms with Crippen LogP contribution in [0.2, 0.25) is 0 Å². The zero-order chi connectivity index (χ0) is 21.1. The van der Waals surface area contributed by atoms with Crippen LogP contribution in [0.1, 0.15) is 85.5 Å². The summed E-state index contributed by atoms with van der Waals surface area (Å²) in [5.41, 5.74) is 0.391. The van der Waals surface area contributed by atoms with Gasteiger partial charge in [0, 0.05) is 6.42 Å². The lowest BCUT2D eigenvalue weighted by Gasteiger charge is -2.64. The fraction of sp³-hybridized carbons (Fsp3) is 0.960. The van der Waals surface area contributed by atoms with Crippen LogP contribution in [0.5, 0.6) is 0 Å². The van der Waals surface area contributed by atoms with Crippen LogP contribution in [0, 0.1) is 52.3 Å². The molecule has 0 heterocycles. The number of aliphatic hydroxyl groups is 2. The minimum Gasteiger partial charge on any atom is -0.481 e. The largest absolute Gasteiger partial charge is 0.481 e. The Morgan fingerprint density at radius 2 is 1.66 bits per heavy atom. The van der Waals surface area contributed by atoms with Crippen LogP contribution in [-0.4, -0.2) is 33.5 Å². The van der Waals surface area contributed by atoms with Crippen molar-refractivity contribution in [3.8, 4) is 0 Å². The maximum absolute atomic E-state index is 11.7. The number of hydrogen-bond donors (Lipinski definition) is 3. The summed E-state index contributed by atoms with van der Waals surface area (Å²) < 4.78 is 0. The standard InChI is InChI=1S/C25H42O4/c1-5-16-20-13-15(26)8-10-25(20,4)19-9-11-24(3)17(14(2)12-21(27)28)6-7-18(24)22(19)23(16)29/h14-20,22-23,26,29H,5-13H2,1-4H3,(H,27,28)/t14-,15-,16-,17-,18?,19?,20+,22+,23-,24-,25-/m1/s1. The minimum absolute atomic E-state index is 0.159. The van der Waals surface area contributed by atoms with Gasteiger partial charge in [0.25, 0.3) is 0 Å². The van der Waals surface area contributed by atoms with Gasteiger partial charge >= 0.3 is 5.97 Å².